The van der Waals surface area contributed by atoms with Gasteiger partial charge in [0.15, 0.2) is 0 Å². The van der Waals surface area contributed by atoms with E-state index in [0.29, 0.717) is 5.92 Å². The second kappa shape index (κ2) is 7.13. The highest BCUT2D eigenvalue weighted by molar-refractivity contribution is 5.40. The summed E-state index contributed by atoms with van der Waals surface area (Å²) in [6.45, 7) is 4.69. The van der Waals surface area contributed by atoms with E-state index in [1.807, 2.05) is 43.5 Å². The molecule has 5 heteroatoms. The topological polar surface area (TPSA) is 54.8 Å². The number of hydrogen-bond donors (Lipinski definition) is 1. The van der Waals surface area contributed by atoms with Gasteiger partial charge < -0.3 is 14.6 Å². The number of fused-ring (bicyclic) bond motifs is 1. The summed E-state index contributed by atoms with van der Waals surface area (Å²) in [5.41, 5.74) is 2.25. The Labute approximate surface area is 160 Å². The molecule has 2 heterocycles. The van der Waals surface area contributed by atoms with E-state index in [2.05, 4.69) is 9.88 Å². The quantitative estimate of drug-likeness (QED) is 0.879. The Morgan fingerprint density at radius 3 is 2.74 bits per heavy atom. The summed E-state index contributed by atoms with van der Waals surface area (Å²) >= 11 is 0. The van der Waals surface area contributed by atoms with E-state index < -0.39 is 5.60 Å². The van der Waals surface area contributed by atoms with Crippen LogP contribution in [-0.4, -0.2) is 42.3 Å². The fourth-order valence-corrected chi connectivity index (χ4v) is 4.80. The fraction of sp³-hybridized carbons (Fsp3) is 0.500. The van der Waals surface area contributed by atoms with Gasteiger partial charge in [-0.3, -0.25) is 9.88 Å². The second-order valence-corrected chi connectivity index (χ2v) is 7.92. The van der Waals surface area contributed by atoms with Crippen molar-refractivity contribution in [1.29, 1.82) is 0 Å². The van der Waals surface area contributed by atoms with E-state index in [1.165, 1.54) is 0 Å². The van der Waals surface area contributed by atoms with Crippen molar-refractivity contribution in [3.05, 3.63) is 53.3 Å². The Morgan fingerprint density at radius 1 is 1.19 bits per heavy atom. The van der Waals surface area contributed by atoms with Crippen LogP contribution >= 0.6 is 0 Å². The van der Waals surface area contributed by atoms with Crippen LogP contribution < -0.4 is 9.47 Å². The second-order valence-electron chi connectivity index (χ2n) is 7.92. The van der Waals surface area contributed by atoms with Crippen LogP contribution in [0.5, 0.6) is 11.5 Å². The molecular weight excluding hydrogens is 340 g/mol. The van der Waals surface area contributed by atoms with Crippen molar-refractivity contribution >= 4 is 0 Å². The monoisotopic (exact) mass is 368 g/mol. The van der Waals surface area contributed by atoms with Crippen molar-refractivity contribution in [2.45, 2.75) is 31.9 Å². The molecule has 2 fully saturated rings. The molecule has 0 spiro atoms. The molecule has 1 aromatic carbocycles. The van der Waals surface area contributed by atoms with Crippen LogP contribution in [0.3, 0.4) is 0 Å². The third-order valence-corrected chi connectivity index (χ3v) is 6.26. The number of hydrogen-bond acceptors (Lipinski definition) is 5. The van der Waals surface area contributed by atoms with Crippen LogP contribution in [0.25, 0.3) is 0 Å². The summed E-state index contributed by atoms with van der Waals surface area (Å²) in [6.07, 6.45) is 3.70. The molecule has 5 nitrogen and oxygen atoms in total. The molecular formula is C22H28N2O3. The van der Waals surface area contributed by atoms with E-state index in [1.54, 1.807) is 14.2 Å². The minimum atomic E-state index is -0.814. The van der Waals surface area contributed by atoms with Gasteiger partial charge >= 0.3 is 0 Å². The lowest BCUT2D eigenvalue weighted by molar-refractivity contribution is -0.0108. The standard InChI is InChI=1S/C22H28N2O3/c1-15-4-7-21(23-11-15)22(25)9-8-16-12-24(14-19(16)22)13-17-10-18(26-2)5-6-20(17)27-3/h4-7,10-11,16,19,25H,8-9,12-14H2,1-3H3/t16-,19+,22-/m0/s1. The highest BCUT2D eigenvalue weighted by Gasteiger charge is 2.53. The zero-order valence-electron chi connectivity index (χ0n) is 16.3. The maximum absolute atomic E-state index is 11.5. The molecule has 2 aromatic rings. The summed E-state index contributed by atoms with van der Waals surface area (Å²) in [7, 11) is 3.38. The van der Waals surface area contributed by atoms with Crippen LogP contribution in [0.2, 0.25) is 0 Å². The van der Waals surface area contributed by atoms with Crippen LogP contribution in [0, 0.1) is 18.8 Å². The van der Waals surface area contributed by atoms with Crippen LogP contribution in [0.15, 0.2) is 36.5 Å². The number of pyridine rings is 1. The van der Waals surface area contributed by atoms with Gasteiger partial charge in [0, 0.05) is 37.3 Å². The van der Waals surface area contributed by atoms with E-state index in [0.717, 1.165) is 60.8 Å². The maximum atomic E-state index is 11.5. The molecule has 1 saturated carbocycles. The van der Waals surface area contributed by atoms with Gasteiger partial charge in [-0.25, -0.2) is 0 Å². The van der Waals surface area contributed by atoms with E-state index in [9.17, 15) is 5.11 Å². The third-order valence-electron chi connectivity index (χ3n) is 6.26. The molecule has 144 valence electrons. The predicted octanol–water partition coefficient (Wildman–Crippen LogP) is 3.14. The van der Waals surface area contributed by atoms with E-state index in [4.69, 9.17) is 9.47 Å². The molecule has 0 unspecified atom stereocenters. The van der Waals surface area contributed by atoms with Gasteiger partial charge in [-0.05, 0) is 55.5 Å². The van der Waals surface area contributed by atoms with Gasteiger partial charge in [0.05, 0.1) is 19.9 Å². The Morgan fingerprint density at radius 2 is 2.04 bits per heavy atom. The van der Waals surface area contributed by atoms with Crippen molar-refractivity contribution in [1.82, 2.24) is 9.88 Å². The van der Waals surface area contributed by atoms with E-state index in [-0.39, 0.29) is 5.92 Å². The number of aliphatic hydroxyl groups is 1. The molecule has 1 aliphatic carbocycles. The van der Waals surface area contributed by atoms with Crippen LogP contribution in [-0.2, 0) is 12.1 Å². The minimum absolute atomic E-state index is 0.226. The third kappa shape index (κ3) is 3.30. The number of likely N-dealkylation sites (tertiary alicyclic amines) is 1. The SMILES string of the molecule is COc1ccc(OC)c(CN2C[C@@H]3CC[C@@](O)(c4ccc(C)cn4)[C@@H]3C2)c1. The fourth-order valence-electron chi connectivity index (χ4n) is 4.80. The van der Waals surface area contributed by atoms with Crippen LogP contribution in [0.4, 0.5) is 0 Å². The van der Waals surface area contributed by atoms with Gasteiger partial charge in [0.2, 0.25) is 0 Å². The normalized spacial score (nSPS) is 27.6. The molecule has 4 rings (SSSR count). The number of methoxy groups -OCH3 is 2. The maximum Gasteiger partial charge on any atom is 0.123 e. The molecule has 3 atom stereocenters. The first kappa shape index (κ1) is 18.3. The molecule has 1 saturated heterocycles. The lowest BCUT2D eigenvalue weighted by atomic mass is 9.85. The molecule has 1 N–H and O–H groups in total. The van der Waals surface area contributed by atoms with Crippen molar-refractivity contribution < 1.29 is 14.6 Å². The summed E-state index contributed by atoms with van der Waals surface area (Å²) in [5.74, 6) is 2.45. The number of nitrogens with zero attached hydrogens (tertiary/aromatic N) is 2. The first-order chi connectivity index (χ1) is 13.0. The molecule has 0 radical (unpaired) electrons. The van der Waals surface area contributed by atoms with Crippen molar-refractivity contribution in [3.8, 4) is 11.5 Å². The molecule has 2 aliphatic rings. The van der Waals surface area contributed by atoms with Gasteiger partial charge in [-0.1, -0.05) is 6.07 Å². The largest absolute Gasteiger partial charge is 0.497 e. The highest BCUT2D eigenvalue weighted by atomic mass is 16.5. The lowest BCUT2D eigenvalue weighted by Gasteiger charge is -2.30. The van der Waals surface area contributed by atoms with Crippen molar-refractivity contribution in [3.63, 3.8) is 0 Å². The Bertz CT molecular complexity index is 808. The first-order valence-electron chi connectivity index (χ1n) is 9.62. The smallest absolute Gasteiger partial charge is 0.123 e. The molecule has 27 heavy (non-hydrogen) atoms. The number of aryl methyl sites for hydroxylation is 1. The number of benzene rings is 1. The number of aromatic nitrogens is 1. The van der Waals surface area contributed by atoms with Crippen LogP contribution in [0.1, 0.15) is 29.7 Å². The molecule has 0 amide bonds. The van der Waals surface area contributed by atoms with Crippen molar-refractivity contribution in [2.75, 3.05) is 27.3 Å². The first-order valence-corrected chi connectivity index (χ1v) is 9.62. The summed E-state index contributed by atoms with van der Waals surface area (Å²) in [6, 6.07) is 9.95. The zero-order valence-corrected chi connectivity index (χ0v) is 16.3. The van der Waals surface area contributed by atoms with Gasteiger partial charge in [-0.2, -0.15) is 0 Å². The Kier molecular flexibility index (Phi) is 4.82. The number of rotatable bonds is 5. The number of ether oxygens (including phenoxy) is 2. The van der Waals surface area contributed by atoms with Crippen molar-refractivity contribution in [2.24, 2.45) is 11.8 Å². The highest BCUT2D eigenvalue weighted by Crippen LogP contribution is 2.50. The average Bonchev–Trinajstić information content (AvgIpc) is 3.22. The summed E-state index contributed by atoms with van der Waals surface area (Å²) in [5, 5.41) is 11.5. The van der Waals surface area contributed by atoms with Gasteiger partial charge in [0.1, 0.15) is 17.1 Å². The molecule has 1 aliphatic heterocycles. The van der Waals surface area contributed by atoms with E-state index >= 15 is 0 Å². The molecule has 0 bridgehead atoms. The minimum Gasteiger partial charge on any atom is -0.497 e. The van der Waals surface area contributed by atoms with Gasteiger partial charge in [-0.15, -0.1) is 0 Å². The zero-order chi connectivity index (χ0) is 19.0. The Hall–Kier alpha value is -2.11. The van der Waals surface area contributed by atoms with Gasteiger partial charge in [0.25, 0.3) is 0 Å². The predicted molar refractivity (Wildman–Crippen MR) is 104 cm³/mol. The molecule has 1 aromatic heterocycles. The summed E-state index contributed by atoms with van der Waals surface area (Å²) < 4.78 is 10.9. The average molecular weight is 368 g/mol. The lowest BCUT2D eigenvalue weighted by Crippen LogP contribution is -2.35. The Balaban J connectivity index is 1.53. The summed E-state index contributed by atoms with van der Waals surface area (Å²) in [4.78, 5) is 6.97.